The lowest BCUT2D eigenvalue weighted by atomic mass is 10.1. The van der Waals surface area contributed by atoms with Crippen LogP contribution in [-0.4, -0.2) is 15.9 Å². The minimum Gasteiger partial charge on any atom is -0.322 e. The molecule has 3 N–H and O–H groups in total. The fourth-order valence-corrected chi connectivity index (χ4v) is 2.73. The Labute approximate surface area is 128 Å². The van der Waals surface area contributed by atoms with Gasteiger partial charge < -0.3 is 11.1 Å². The molecule has 1 atom stereocenters. The lowest BCUT2D eigenvalue weighted by Crippen LogP contribution is -2.17. The van der Waals surface area contributed by atoms with Crippen molar-refractivity contribution in [2.45, 2.75) is 33.2 Å². The quantitative estimate of drug-likeness (QED) is 0.890. The Balaban J connectivity index is 1.95. The van der Waals surface area contributed by atoms with Crippen LogP contribution in [0.25, 0.3) is 0 Å². The van der Waals surface area contributed by atoms with E-state index in [4.69, 9.17) is 5.73 Å². The maximum absolute atomic E-state index is 12.0. The van der Waals surface area contributed by atoms with Gasteiger partial charge in [-0.1, -0.05) is 19.9 Å². The lowest BCUT2D eigenvalue weighted by molar-refractivity contribution is -0.115. The fourth-order valence-electron chi connectivity index (χ4n) is 1.74. The molecule has 2 rings (SSSR count). The number of carbonyl (C=O) groups excluding carboxylic acids is 1. The molecule has 0 aliphatic rings. The molecule has 0 aliphatic carbocycles. The topological polar surface area (TPSA) is 80.9 Å². The Kier molecular flexibility index (Phi) is 5.03. The molecule has 0 bridgehead atoms. The van der Waals surface area contributed by atoms with Gasteiger partial charge in [-0.15, -0.1) is 11.3 Å². The third-order valence-corrected chi connectivity index (χ3v) is 4.09. The van der Waals surface area contributed by atoms with Crippen LogP contribution in [0.2, 0.25) is 0 Å². The van der Waals surface area contributed by atoms with Gasteiger partial charge in [0.1, 0.15) is 10.8 Å². The van der Waals surface area contributed by atoms with Crippen LogP contribution in [0.4, 0.5) is 5.82 Å². The van der Waals surface area contributed by atoms with E-state index in [1.807, 2.05) is 18.4 Å². The number of carbonyl (C=O) groups is 1. The average Bonchev–Trinajstić information content (AvgIpc) is 2.88. The molecular weight excluding hydrogens is 284 g/mol. The minimum atomic E-state index is -0.124. The number of pyridine rings is 1. The van der Waals surface area contributed by atoms with E-state index in [-0.39, 0.29) is 18.4 Å². The van der Waals surface area contributed by atoms with E-state index in [9.17, 15) is 4.79 Å². The van der Waals surface area contributed by atoms with Gasteiger partial charge in [0.15, 0.2) is 0 Å². The number of amides is 1. The molecule has 21 heavy (non-hydrogen) atoms. The summed E-state index contributed by atoms with van der Waals surface area (Å²) in [5.74, 6) is 0.760. The van der Waals surface area contributed by atoms with Crippen molar-refractivity contribution in [3.05, 3.63) is 40.0 Å². The Bertz CT molecular complexity index is 606. The molecule has 2 heterocycles. The highest BCUT2D eigenvalue weighted by atomic mass is 32.1. The molecule has 0 radical (unpaired) electrons. The summed E-state index contributed by atoms with van der Waals surface area (Å²) in [4.78, 5) is 20.5. The van der Waals surface area contributed by atoms with Crippen molar-refractivity contribution in [3.8, 4) is 0 Å². The van der Waals surface area contributed by atoms with Gasteiger partial charge >= 0.3 is 0 Å². The summed E-state index contributed by atoms with van der Waals surface area (Å²) < 4.78 is 0. The van der Waals surface area contributed by atoms with Crippen LogP contribution >= 0.6 is 11.3 Å². The Morgan fingerprint density at radius 3 is 2.81 bits per heavy atom. The van der Waals surface area contributed by atoms with Crippen molar-refractivity contribution < 1.29 is 4.79 Å². The molecule has 0 aliphatic heterocycles. The van der Waals surface area contributed by atoms with Gasteiger partial charge in [-0.05, 0) is 24.5 Å². The van der Waals surface area contributed by atoms with E-state index in [0.29, 0.717) is 11.7 Å². The van der Waals surface area contributed by atoms with Gasteiger partial charge in [0.25, 0.3) is 0 Å². The second kappa shape index (κ2) is 6.78. The maximum Gasteiger partial charge on any atom is 0.231 e. The van der Waals surface area contributed by atoms with E-state index in [1.165, 1.54) is 11.3 Å². The number of anilines is 1. The van der Waals surface area contributed by atoms with Gasteiger partial charge in [0.2, 0.25) is 5.91 Å². The molecule has 2 aromatic heterocycles. The summed E-state index contributed by atoms with van der Waals surface area (Å²) in [5, 5.41) is 5.53. The van der Waals surface area contributed by atoms with Gasteiger partial charge in [0, 0.05) is 11.6 Å². The number of nitrogens with two attached hydrogens (primary N) is 1. The van der Waals surface area contributed by atoms with Crippen LogP contribution in [0.1, 0.15) is 36.2 Å². The van der Waals surface area contributed by atoms with Crippen LogP contribution in [0.15, 0.2) is 23.7 Å². The van der Waals surface area contributed by atoms with E-state index >= 15 is 0 Å². The predicted molar refractivity (Wildman–Crippen MR) is 85.2 cm³/mol. The van der Waals surface area contributed by atoms with Crippen molar-refractivity contribution >= 4 is 23.1 Å². The van der Waals surface area contributed by atoms with Crippen LogP contribution in [-0.2, 0) is 11.2 Å². The fraction of sp³-hybridized carbons (Fsp3) is 0.400. The zero-order valence-electron chi connectivity index (χ0n) is 12.5. The van der Waals surface area contributed by atoms with Crippen molar-refractivity contribution in [1.29, 1.82) is 0 Å². The number of hydrogen-bond donors (Lipinski definition) is 2. The van der Waals surface area contributed by atoms with Crippen molar-refractivity contribution in [3.63, 3.8) is 0 Å². The number of aryl methyl sites for hydroxylation is 1. The molecular formula is C15H20N4OS. The molecule has 0 fully saturated rings. The van der Waals surface area contributed by atoms with E-state index < -0.39 is 0 Å². The highest BCUT2D eigenvalue weighted by Gasteiger charge is 2.15. The molecule has 6 heteroatoms. The van der Waals surface area contributed by atoms with E-state index in [0.717, 1.165) is 16.3 Å². The van der Waals surface area contributed by atoms with E-state index in [1.54, 1.807) is 12.3 Å². The van der Waals surface area contributed by atoms with Crippen LogP contribution in [0.3, 0.4) is 0 Å². The Morgan fingerprint density at radius 1 is 1.43 bits per heavy atom. The molecule has 0 aromatic carbocycles. The molecule has 2 aromatic rings. The molecule has 0 spiro atoms. The normalized spacial score (nSPS) is 12.4. The second-order valence-electron chi connectivity index (χ2n) is 5.39. The summed E-state index contributed by atoms with van der Waals surface area (Å²) in [7, 11) is 0. The third kappa shape index (κ3) is 4.34. The first-order chi connectivity index (χ1) is 9.95. The number of rotatable bonds is 5. The number of thiazole rings is 1. The highest BCUT2D eigenvalue weighted by molar-refractivity contribution is 7.09. The van der Waals surface area contributed by atoms with Crippen molar-refractivity contribution in [2.24, 2.45) is 11.7 Å². The second-order valence-corrected chi connectivity index (χ2v) is 6.28. The van der Waals surface area contributed by atoms with Crippen LogP contribution in [0.5, 0.6) is 0 Å². The molecule has 0 saturated carbocycles. The Morgan fingerprint density at radius 2 is 2.19 bits per heavy atom. The first kappa shape index (κ1) is 15.6. The molecule has 1 amide bonds. The van der Waals surface area contributed by atoms with E-state index in [2.05, 4.69) is 29.1 Å². The zero-order chi connectivity index (χ0) is 15.4. The predicted octanol–water partition coefficient (Wildman–Crippen LogP) is 2.68. The molecule has 0 saturated heterocycles. The summed E-state index contributed by atoms with van der Waals surface area (Å²) in [6, 6.07) is 3.62. The number of aromatic nitrogens is 2. The highest BCUT2D eigenvalue weighted by Crippen LogP contribution is 2.22. The first-order valence-electron chi connectivity index (χ1n) is 6.88. The van der Waals surface area contributed by atoms with Crippen molar-refractivity contribution in [2.75, 3.05) is 5.32 Å². The molecule has 1 unspecified atom stereocenters. The monoisotopic (exact) mass is 304 g/mol. The summed E-state index contributed by atoms with van der Waals surface area (Å²) >= 11 is 1.50. The number of nitrogens with one attached hydrogen (secondary N) is 1. The summed E-state index contributed by atoms with van der Waals surface area (Å²) in [6.45, 7) is 6.07. The first-order valence-corrected chi connectivity index (χ1v) is 7.76. The largest absolute Gasteiger partial charge is 0.322 e. The van der Waals surface area contributed by atoms with Crippen molar-refractivity contribution in [1.82, 2.24) is 9.97 Å². The summed E-state index contributed by atoms with van der Waals surface area (Å²) in [5.41, 5.74) is 7.86. The lowest BCUT2D eigenvalue weighted by Gasteiger charge is -2.11. The zero-order valence-corrected chi connectivity index (χ0v) is 13.3. The SMILES string of the molecule is Cc1ccc(NC(=O)Cc2csc(C(N)C(C)C)n2)nc1. The van der Waals surface area contributed by atoms with Gasteiger partial charge in [0.05, 0.1) is 18.2 Å². The van der Waals surface area contributed by atoms with Crippen LogP contribution in [0, 0.1) is 12.8 Å². The minimum absolute atomic E-state index is 0.0782. The standard InChI is InChI=1S/C15H20N4OS/c1-9(2)14(16)15-18-11(8-21-15)6-13(20)19-12-5-4-10(3)7-17-12/h4-5,7-9,14H,6,16H2,1-3H3,(H,17,19,20). The molecule has 5 nitrogen and oxygen atoms in total. The van der Waals surface area contributed by atoms with Gasteiger partial charge in [-0.3, -0.25) is 4.79 Å². The van der Waals surface area contributed by atoms with Gasteiger partial charge in [-0.2, -0.15) is 0 Å². The van der Waals surface area contributed by atoms with Crippen LogP contribution < -0.4 is 11.1 Å². The van der Waals surface area contributed by atoms with Gasteiger partial charge in [-0.25, -0.2) is 9.97 Å². The smallest absolute Gasteiger partial charge is 0.231 e. The third-order valence-electron chi connectivity index (χ3n) is 3.09. The number of hydrogen-bond acceptors (Lipinski definition) is 5. The maximum atomic E-state index is 12.0. The molecule has 112 valence electrons. The average molecular weight is 304 g/mol. The summed E-state index contributed by atoms with van der Waals surface area (Å²) in [6.07, 6.45) is 1.95. The Hall–Kier alpha value is -1.79. The number of nitrogens with zero attached hydrogens (tertiary/aromatic N) is 2.